The number of carbonyl (C=O) groups is 2. The maximum Gasteiger partial charge on any atom is 0.253 e. The summed E-state index contributed by atoms with van der Waals surface area (Å²) in [6.45, 7) is 8.37. The van der Waals surface area contributed by atoms with E-state index in [4.69, 9.17) is 0 Å². The molecule has 1 N–H and O–H groups in total. The van der Waals surface area contributed by atoms with Crippen molar-refractivity contribution < 1.29 is 9.59 Å². The first-order valence-corrected chi connectivity index (χ1v) is 8.56. The first-order chi connectivity index (χ1) is 11.7. The number of amides is 1. The molecule has 0 atom stereocenters. The number of carbonyl (C=O) groups excluding carboxylic acids is 2. The van der Waals surface area contributed by atoms with Crippen LogP contribution in [0.3, 0.4) is 0 Å². The van der Waals surface area contributed by atoms with Gasteiger partial charge >= 0.3 is 0 Å². The topological polar surface area (TPSA) is 76.9 Å². The molecule has 2 aromatic heterocycles. The molecule has 2 heterocycles. The highest BCUT2D eigenvalue weighted by atomic mass is 16.1. The molecule has 0 aromatic carbocycles. The Morgan fingerprint density at radius 1 is 1.32 bits per heavy atom. The van der Waals surface area contributed by atoms with Crippen LogP contribution in [0, 0.1) is 12.3 Å². The van der Waals surface area contributed by atoms with Gasteiger partial charge in [-0.1, -0.05) is 13.8 Å². The lowest BCUT2D eigenvalue weighted by Gasteiger charge is -2.31. The number of hydrogen-bond acceptors (Lipinski definition) is 4. The van der Waals surface area contributed by atoms with E-state index in [1.54, 1.807) is 12.5 Å². The molecule has 0 saturated carbocycles. The van der Waals surface area contributed by atoms with Crippen LogP contribution < -0.4 is 5.32 Å². The van der Waals surface area contributed by atoms with Gasteiger partial charge in [-0.25, -0.2) is 4.98 Å². The van der Waals surface area contributed by atoms with Crippen LogP contribution in [0.5, 0.6) is 0 Å². The number of ketones is 1. The fourth-order valence-electron chi connectivity index (χ4n) is 3.61. The van der Waals surface area contributed by atoms with E-state index >= 15 is 0 Å². The van der Waals surface area contributed by atoms with E-state index in [0.29, 0.717) is 35.3 Å². The SMILES string of the molecule is CCNC(=O)c1c(C)nc2c(c1-c1cncn1C)C(=O)CC(C)(C)C2. The van der Waals surface area contributed by atoms with Crippen LogP contribution in [0.2, 0.25) is 0 Å². The maximum atomic E-state index is 13.0. The number of aryl methyl sites for hydroxylation is 2. The average Bonchev–Trinajstić information content (AvgIpc) is 2.90. The Morgan fingerprint density at radius 3 is 2.64 bits per heavy atom. The van der Waals surface area contributed by atoms with Gasteiger partial charge in [-0.15, -0.1) is 0 Å². The number of imidazole rings is 1. The van der Waals surface area contributed by atoms with E-state index < -0.39 is 0 Å². The highest BCUT2D eigenvalue weighted by molar-refractivity contribution is 6.11. The van der Waals surface area contributed by atoms with E-state index in [1.165, 1.54) is 0 Å². The second-order valence-electron chi connectivity index (χ2n) is 7.46. The fraction of sp³-hybridized carbons (Fsp3) is 0.474. The lowest BCUT2D eigenvalue weighted by molar-refractivity contribution is 0.0911. The van der Waals surface area contributed by atoms with E-state index in [0.717, 1.165) is 17.8 Å². The van der Waals surface area contributed by atoms with Crippen LogP contribution >= 0.6 is 0 Å². The Balaban J connectivity index is 2.36. The van der Waals surface area contributed by atoms with Gasteiger partial charge in [-0.2, -0.15) is 0 Å². The van der Waals surface area contributed by atoms with Crippen molar-refractivity contribution in [3.63, 3.8) is 0 Å². The predicted molar refractivity (Wildman–Crippen MR) is 95.6 cm³/mol. The molecule has 0 aliphatic heterocycles. The van der Waals surface area contributed by atoms with Crippen molar-refractivity contribution in [1.82, 2.24) is 19.9 Å². The first-order valence-electron chi connectivity index (χ1n) is 8.56. The Kier molecular flexibility index (Phi) is 4.22. The second kappa shape index (κ2) is 6.10. The van der Waals surface area contributed by atoms with Crippen LogP contribution in [-0.4, -0.2) is 32.8 Å². The van der Waals surface area contributed by atoms with E-state index in [2.05, 4.69) is 29.1 Å². The molecule has 25 heavy (non-hydrogen) atoms. The van der Waals surface area contributed by atoms with Crippen molar-refractivity contribution in [3.05, 3.63) is 35.0 Å². The highest BCUT2D eigenvalue weighted by Crippen LogP contribution is 2.40. The van der Waals surface area contributed by atoms with Crippen molar-refractivity contribution in [2.75, 3.05) is 6.54 Å². The molecule has 0 fully saturated rings. The van der Waals surface area contributed by atoms with Crippen molar-refractivity contribution >= 4 is 11.7 Å². The van der Waals surface area contributed by atoms with Crippen molar-refractivity contribution in [2.45, 2.75) is 40.5 Å². The minimum atomic E-state index is -0.205. The Bertz CT molecular complexity index is 865. The van der Waals surface area contributed by atoms with Crippen molar-refractivity contribution in [1.29, 1.82) is 0 Å². The molecule has 1 aliphatic rings. The third-order valence-corrected chi connectivity index (χ3v) is 4.65. The lowest BCUT2D eigenvalue weighted by Crippen LogP contribution is -2.32. The quantitative estimate of drug-likeness (QED) is 0.932. The van der Waals surface area contributed by atoms with Crippen LogP contribution in [0.15, 0.2) is 12.5 Å². The third-order valence-electron chi connectivity index (χ3n) is 4.65. The molecule has 0 spiro atoms. The second-order valence-corrected chi connectivity index (χ2v) is 7.46. The summed E-state index contributed by atoms with van der Waals surface area (Å²) in [6, 6.07) is 0. The highest BCUT2D eigenvalue weighted by Gasteiger charge is 2.37. The Labute approximate surface area is 147 Å². The number of pyridine rings is 1. The fourth-order valence-corrected chi connectivity index (χ4v) is 3.61. The Morgan fingerprint density at radius 2 is 2.04 bits per heavy atom. The molecule has 0 radical (unpaired) electrons. The Hall–Kier alpha value is -2.50. The molecule has 0 saturated heterocycles. The summed E-state index contributed by atoms with van der Waals surface area (Å²) in [4.78, 5) is 34.5. The molecule has 132 valence electrons. The van der Waals surface area contributed by atoms with E-state index in [1.807, 2.05) is 25.5 Å². The first kappa shape index (κ1) is 17.3. The van der Waals surface area contributed by atoms with Gasteiger partial charge in [-0.3, -0.25) is 14.6 Å². The number of Topliss-reactive ketones (excluding diaryl/α,β-unsaturated/α-hetero) is 1. The molecular weight excluding hydrogens is 316 g/mol. The molecular formula is C19H24N4O2. The summed E-state index contributed by atoms with van der Waals surface area (Å²) < 4.78 is 1.84. The van der Waals surface area contributed by atoms with Crippen LogP contribution in [0.1, 0.15) is 59.3 Å². The predicted octanol–water partition coefficient (Wildman–Crippen LogP) is 2.70. The molecule has 1 amide bonds. The maximum absolute atomic E-state index is 13.0. The van der Waals surface area contributed by atoms with Gasteiger partial charge in [0.1, 0.15) is 0 Å². The summed E-state index contributed by atoms with van der Waals surface area (Å²) in [5.74, 6) is -0.162. The number of nitrogens with zero attached hydrogens (tertiary/aromatic N) is 3. The number of hydrogen-bond donors (Lipinski definition) is 1. The zero-order valence-electron chi connectivity index (χ0n) is 15.4. The van der Waals surface area contributed by atoms with Crippen LogP contribution in [-0.2, 0) is 13.5 Å². The monoisotopic (exact) mass is 340 g/mol. The zero-order chi connectivity index (χ0) is 18.4. The molecule has 0 bridgehead atoms. The standard InChI is InChI=1S/C19H24N4O2/c1-6-21-18(25)15-11(2)22-12-7-19(3,4)8-14(24)16(12)17(15)13-9-20-10-23(13)5/h9-10H,6-8H2,1-5H3,(H,21,25). The number of rotatable bonds is 3. The van der Waals surface area contributed by atoms with E-state index in [-0.39, 0.29) is 17.1 Å². The number of nitrogens with one attached hydrogen (secondary N) is 1. The zero-order valence-corrected chi connectivity index (χ0v) is 15.4. The molecule has 0 unspecified atom stereocenters. The smallest absolute Gasteiger partial charge is 0.253 e. The molecule has 1 aliphatic carbocycles. The van der Waals surface area contributed by atoms with Crippen molar-refractivity contribution in [2.24, 2.45) is 12.5 Å². The summed E-state index contributed by atoms with van der Waals surface area (Å²) in [6.07, 6.45) is 4.54. The van der Waals surface area contributed by atoms with Gasteiger partial charge in [0, 0.05) is 31.1 Å². The minimum Gasteiger partial charge on any atom is -0.352 e. The normalized spacial score (nSPS) is 15.8. The summed E-state index contributed by atoms with van der Waals surface area (Å²) in [5.41, 5.74) is 3.77. The molecule has 2 aromatic rings. The lowest BCUT2D eigenvalue weighted by atomic mass is 9.73. The van der Waals surface area contributed by atoms with Gasteiger partial charge in [0.2, 0.25) is 0 Å². The van der Waals surface area contributed by atoms with Crippen LogP contribution in [0.4, 0.5) is 0 Å². The number of fused-ring (bicyclic) bond motifs is 1. The summed E-state index contributed by atoms with van der Waals surface area (Å²) in [5, 5.41) is 2.84. The molecule has 6 nitrogen and oxygen atoms in total. The summed E-state index contributed by atoms with van der Waals surface area (Å²) >= 11 is 0. The molecule has 6 heteroatoms. The largest absolute Gasteiger partial charge is 0.352 e. The van der Waals surface area contributed by atoms with Crippen molar-refractivity contribution in [3.8, 4) is 11.3 Å². The van der Waals surface area contributed by atoms with Gasteiger partial charge in [0.05, 0.1) is 35.2 Å². The van der Waals surface area contributed by atoms with Gasteiger partial charge in [0.25, 0.3) is 5.91 Å². The van der Waals surface area contributed by atoms with E-state index in [9.17, 15) is 9.59 Å². The summed E-state index contributed by atoms with van der Waals surface area (Å²) in [7, 11) is 1.86. The average molecular weight is 340 g/mol. The van der Waals surface area contributed by atoms with Gasteiger partial charge < -0.3 is 9.88 Å². The van der Waals surface area contributed by atoms with Crippen LogP contribution in [0.25, 0.3) is 11.3 Å². The number of aromatic nitrogens is 3. The van der Waals surface area contributed by atoms with Gasteiger partial charge in [-0.05, 0) is 25.7 Å². The minimum absolute atomic E-state index is 0.0421. The third kappa shape index (κ3) is 2.97. The van der Waals surface area contributed by atoms with Gasteiger partial charge in [0.15, 0.2) is 5.78 Å². The molecule has 3 rings (SSSR count).